The standard InChI is InChI=1S/C22H16ClN3O5/c1-13-3-4-15(23)10-19(13)25-22(27)14(12-24)9-17-6-8-20(31-17)18-7-5-16(26(28)29)11-21(18)30-2/h3-11H,1-2H3,(H,25,27)/b14-9+. The number of nitriles is 1. The van der Waals surface area contributed by atoms with E-state index in [1.165, 1.54) is 31.4 Å². The van der Waals surface area contributed by atoms with Gasteiger partial charge in [-0.05, 0) is 42.8 Å². The van der Waals surface area contributed by atoms with Crippen molar-refractivity contribution in [2.24, 2.45) is 0 Å². The number of amides is 1. The minimum atomic E-state index is -0.612. The van der Waals surface area contributed by atoms with Gasteiger partial charge >= 0.3 is 0 Å². The number of halogens is 1. The molecule has 0 aliphatic heterocycles. The number of anilines is 1. The molecule has 9 heteroatoms. The Labute approximate surface area is 182 Å². The first-order valence-electron chi connectivity index (χ1n) is 8.94. The third kappa shape index (κ3) is 4.91. The summed E-state index contributed by atoms with van der Waals surface area (Å²) in [4.78, 5) is 22.9. The molecule has 1 amide bonds. The van der Waals surface area contributed by atoms with Gasteiger partial charge in [0.2, 0.25) is 0 Å². The fourth-order valence-electron chi connectivity index (χ4n) is 2.78. The van der Waals surface area contributed by atoms with Crippen molar-refractivity contribution >= 4 is 35.0 Å². The van der Waals surface area contributed by atoms with Crippen LogP contribution in [-0.2, 0) is 4.79 Å². The predicted octanol–water partition coefficient (Wildman–Crippen LogP) is 5.37. The van der Waals surface area contributed by atoms with Crippen LogP contribution in [0.1, 0.15) is 11.3 Å². The number of furan rings is 1. The molecule has 3 aromatic rings. The zero-order chi connectivity index (χ0) is 22.5. The van der Waals surface area contributed by atoms with Gasteiger partial charge in [-0.25, -0.2) is 0 Å². The fraction of sp³-hybridized carbons (Fsp3) is 0.0909. The number of non-ortho nitro benzene ring substituents is 1. The molecule has 0 radical (unpaired) electrons. The van der Waals surface area contributed by atoms with E-state index >= 15 is 0 Å². The molecule has 1 heterocycles. The Morgan fingerprint density at radius 3 is 2.71 bits per heavy atom. The highest BCUT2D eigenvalue weighted by atomic mass is 35.5. The number of benzene rings is 2. The molecule has 0 unspecified atom stereocenters. The lowest BCUT2D eigenvalue weighted by atomic mass is 10.1. The van der Waals surface area contributed by atoms with Gasteiger partial charge in [0, 0.05) is 22.9 Å². The van der Waals surface area contributed by atoms with E-state index in [0.29, 0.717) is 22.0 Å². The number of nitro groups is 1. The summed E-state index contributed by atoms with van der Waals surface area (Å²) < 4.78 is 10.9. The predicted molar refractivity (Wildman–Crippen MR) is 116 cm³/mol. The first-order valence-corrected chi connectivity index (χ1v) is 9.32. The maximum absolute atomic E-state index is 12.5. The maximum Gasteiger partial charge on any atom is 0.273 e. The minimum absolute atomic E-state index is 0.118. The SMILES string of the molecule is COc1cc([N+](=O)[O-])ccc1-c1ccc(/C=C(\C#N)C(=O)Nc2cc(Cl)ccc2C)o1. The molecule has 8 nitrogen and oxygen atoms in total. The number of nitrogens with zero attached hydrogens (tertiary/aromatic N) is 2. The van der Waals surface area contributed by atoms with Crippen LogP contribution in [0.25, 0.3) is 17.4 Å². The molecule has 0 bridgehead atoms. The molecule has 0 aliphatic rings. The molecule has 1 aromatic heterocycles. The summed E-state index contributed by atoms with van der Waals surface area (Å²) in [6.45, 7) is 1.80. The summed E-state index contributed by atoms with van der Waals surface area (Å²) in [7, 11) is 1.39. The summed E-state index contributed by atoms with van der Waals surface area (Å²) in [5, 5.41) is 23.5. The Kier molecular flexibility index (Phi) is 6.38. The van der Waals surface area contributed by atoms with E-state index in [0.717, 1.165) is 5.56 Å². The van der Waals surface area contributed by atoms with Gasteiger partial charge in [0.15, 0.2) is 0 Å². The number of nitrogens with one attached hydrogen (secondary N) is 1. The highest BCUT2D eigenvalue weighted by molar-refractivity contribution is 6.31. The molecular weight excluding hydrogens is 422 g/mol. The summed E-state index contributed by atoms with van der Waals surface area (Å²) >= 11 is 5.96. The number of carbonyl (C=O) groups excluding carboxylic acids is 1. The number of hydrogen-bond acceptors (Lipinski definition) is 6. The van der Waals surface area contributed by atoms with Gasteiger partial charge in [-0.2, -0.15) is 5.26 Å². The molecule has 0 spiro atoms. The smallest absolute Gasteiger partial charge is 0.273 e. The second kappa shape index (κ2) is 9.15. The number of aryl methyl sites for hydroxylation is 1. The molecule has 2 aromatic carbocycles. The number of rotatable bonds is 6. The second-order valence-corrected chi connectivity index (χ2v) is 6.86. The molecule has 0 aliphatic carbocycles. The van der Waals surface area contributed by atoms with Crippen LogP contribution in [0.3, 0.4) is 0 Å². The van der Waals surface area contributed by atoms with Crippen LogP contribution in [-0.4, -0.2) is 17.9 Å². The lowest BCUT2D eigenvalue weighted by Gasteiger charge is -2.08. The highest BCUT2D eigenvalue weighted by Crippen LogP contribution is 2.34. The van der Waals surface area contributed by atoms with E-state index in [1.807, 2.05) is 6.07 Å². The van der Waals surface area contributed by atoms with E-state index in [2.05, 4.69) is 5.32 Å². The van der Waals surface area contributed by atoms with Gasteiger partial charge in [-0.15, -0.1) is 0 Å². The number of hydrogen-bond donors (Lipinski definition) is 1. The van der Waals surface area contributed by atoms with Crippen LogP contribution in [0.15, 0.2) is 58.5 Å². The first kappa shape index (κ1) is 21.6. The molecule has 0 fully saturated rings. The minimum Gasteiger partial charge on any atom is -0.496 e. The van der Waals surface area contributed by atoms with E-state index in [4.69, 9.17) is 20.8 Å². The summed E-state index contributed by atoms with van der Waals surface area (Å²) in [5.41, 5.74) is 1.49. The topological polar surface area (TPSA) is 118 Å². The van der Waals surface area contributed by atoms with E-state index in [9.17, 15) is 20.2 Å². The van der Waals surface area contributed by atoms with Crippen molar-refractivity contribution in [1.29, 1.82) is 5.26 Å². The maximum atomic E-state index is 12.5. The first-order chi connectivity index (χ1) is 14.8. The van der Waals surface area contributed by atoms with Crippen LogP contribution in [0, 0.1) is 28.4 Å². The van der Waals surface area contributed by atoms with Gasteiger partial charge in [0.1, 0.15) is 28.9 Å². The third-order valence-corrected chi connectivity index (χ3v) is 4.62. The third-order valence-electron chi connectivity index (χ3n) is 4.39. The van der Waals surface area contributed by atoms with Crippen LogP contribution >= 0.6 is 11.6 Å². The van der Waals surface area contributed by atoms with Crippen molar-refractivity contribution in [3.05, 3.63) is 80.6 Å². The number of carbonyl (C=O) groups is 1. The molecular formula is C22H16ClN3O5. The van der Waals surface area contributed by atoms with Crippen molar-refractivity contribution in [3.63, 3.8) is 0 Å². The van der Waals surface area contributed by atoms with Crippen molar-refractivity contribution < 1.29 is 18.9 Å². The quantitative estimate of drug-likeness (QED) is 0.239. The monoisotopic (exact) mass is 437 g/mol. The Bertz CT molecular complexity index is 1240. The van der Waals surface area contributed by atoms with Crippen molar-refractivity contribution in [2.45, 2.75) is 6.92 Å². The van der Waals surface area contributed by atoms with Gasteiger partial charge in [0.25, 0.3) is 11.6 Å². The normalized spacial score (nSPS) is 11.0. The van der Waals surface area contributed by atoms with E-state index < -0.39 is 10.8 Å². The molecule has 0 saturated carbocycles. The van der Waals surface area contributed by atoms with Crippen molar-refractivity contribution in [2.75, 3.05) is 12.4 Å². The second-order valence-electron chi connectivity index (χ2n) is 6.43. The van der Waals surface area contributed by atoms with Gasteiger partial charge < -0.3 is 14.5 Å². The largest absolute Gasteiger partial charge is 0.496 e. The van der Waals surface area contributed by atoms with Crippen LogP contribution < -0.4 is 10.1 Å². The fourth-order valence-corrected chi connectivity index (χ4v) is 2.95. The number of ether oxygens (including phenoxy) is 1. The van der Waals surface area contributed by atoms with Gasteiger partial charge in [0.05, 0.1) is 23.7 Å². The lowest BCUT2D eigenvalue weighted by Crippen LogP contribution is -2.14. The summed E-state index contributed by atoms with van der Waals surface area (Å²) in [6, 6.07) is 14.2. The number of nitro benzene ring substituents is 1. The summed E-state index contributed by atoms with van der Waals surface area (Å²) in [6.07, 6.45) is 1.30. The Hall–Kier alpha value is -4.09. The average Bonchev–Trinajstić information content (AvgIpc) is 3.22. The Morgan fingerprint density at radius 1 is 1.26 bits per heavy atom. The van der Waals surface area contributed by atoms with Gasteiger partial charge in [-0.3, -0.25) is 14.9 Å². The summed E-state index contributed by atoms with van der Waals surface area (Å²) in [5.74, 6) is 0.263. The van der Waals surface area contributed by atoms with Gasteiger partial charge in [-0.1, -0.05) is 17.7 Å². The van der Waals surface area contributed by atoms with Crippen molar-refractivity contribution in [3.8, 4) is 23.1 Å². The zero-order valence-electron chi connectivity index (χ0n) is 16.5. The van der Waals surface area contributed by atoms with Crippen LogP contribution in [0.5, 0.6) is 5.75 Å². The number of methoxy groups -OCH3 is 1. The van der Waals surface area contributed by atoms with E-state index in [1.54, 1.807) is 37.3 Å². The molecule has 156 valence electrons. The highest BCUT2D eigenvalue weighted by Gasteiger charge is 2.16. The Balaban J connectivity index is 1.87. The molecule has 3 rings (SSSR count). The molecule has 0 saturated heterocycles. The average molecular weight is 438 g/mol. The zero-order valence-corrected chi connectivity index (χ0v) is 17.3. The van der Waals surface area contributed by atoms with Crippen LogP contribution in [0.4, 0.5) is 11.4 Å². The molecule has 31 heavy (non-hydrogen) atoms. The van der Waals surface area contributed by atoms with E-state index in [-0.39, 0.29) is 22.8 Å². The van der Waals surface area contributed by atoms with Crippen LogP contribution in [0.2, 0.25) is 5.02 Å². The molecule has 0 atom stereocenters. The lowest BCUT2D eigenvalue weighted by molar-refractivity contribution is -0.384. The van der Waals surface area contributed by atoms with Crippen molar-refractivity contribution in [1.82, 2.24) is 0 Å². The molecule has 1 N–H and O–H groups in total. The Morgan fingerprint density at radius 2 is 2.03 bits per heavy atom.